The van der Waals surface area contributed by atoms with E-state index in [4.69, 9.17) is 0 Å². The van der Waals surface area contributed by atoms with Gasteiger partial charge in [0.2, 0.25) is 0 Å². The SMILES string of the molecule is CCCCC/C=C/C/C=C/CCCCCCCCCCCCCCCCCCCC=O. The first-order valence-electron chi connectivity index (χ1n) is 14.2. The summed E-state index contributed by atoms with van der Waals surface area (Å²) in [4.78, 5) is 10.2. The third-order valence-corrected chi connectivity index (χ3v) is 6.27. The van der Waals surface area contributed by atoms with E-state index in [0.717, 1.165) is 25.5 Å². The van der Waals surface area contributed by atoms with E-state index in [2.05, 4.69) is 31.2 Å². The number of hydrogen-bond acceptors (Lipinski definition) is 1. The van der Waals surface area contributed by atoms with Gasteiger partial charge in [0.25, 0.3) is 0 Å². The standard InChI is InChI=1S/C30H56O/c1-2-3-4-5-6-7-8-9-10-11-12-13-14-15-16-17-18-19-20-21-22-23-24-25-26-27-28-29-30-31/h6-7,9-10,30H,2-5,8,11-29H2,1H3/b7-6+,10-9+. The average molecular weight is 433 g/mol. The van der Waals surface area contributed by atoms with Gasteiger partial charge < -0.3 is 4.79 Å². The number of rotatable bonds is 26. The second-order valence-corrected chi connectivity index (χ2v) is 9.43. The van der Waals surface area contributed by atoms with E-state index in [1.165, 1.54) is 135 Å². The maximum atomic E-state index is 10.2. The molecular weight excluding hydrogens is 376 g/mol. The summed E-state index contributed by atoms with van der Waals surface area (Å²) in [5, 5.41) is 0. The highest BCUT2D eigenvalue weighted by Crippen LogP contribution is 2.14. The highest BCUT2D eigenvalue weighted by atomic mass is 16.1. The van der Waals surface area contributed by atoms with Crippen molar-refractivity contribution in [1.82, 2.24) is 0 Å². The first kappa shape index (κ1) is 30.1. The van der Waals surface area contributed by atoms with E-state index in [1.807, 2.05) is 0 Å². The van der Waals surface area contributed by atoms with Gasteiger partial charge >= 0.3 is 0 Å². The molecule has 0 N–H and O–H groups in total. The van der Waals surface area contributed by atoms with Gasteiger partial charge in [0.1, 0.15) is 6.29 Å². The topological polar surface area (TPSA) is 17.1 Å². The molecule has 0 aliphatic rings. The van der Waals surface area contributed by atoms with Crippen LogP contribution in [0.3, 0.4) is 0 Å². The summed E-state index contributed by atoms with van der Waals surface area (Å²) < 4.78 is 0. The van der Waals surface area contributed by atoms with Crippen molar-refractivity contribution < 1.29 is 4.79 Å². The summed E-state index contributed by atoms with van der Waals surface area (Å²) in [5.74, 6) is 0. The summed E-state index contributed by atoms with van der Waals surface area (Å²) >= 11 is 0. The fourth-order valence-corrected chi connectivity index (χ4v) is 4.16. The van der Waals surface area contributed by atoms with Gasteiger partial charge in [-0.05, 0) is 38.5 Å². The van der Waals surface area contributed by atoms with Crippen molar-refractivity contribution in [2.24, 2.45) is 0 Å². The first-order chi connectivity index (χ1) is 15.4. The van der Waals surface area contributed by atoms with Crippen molar-refractivity contribution in [1.29, 1.82) is 0 Å². The Kier molecular flexibility index (Phi) is 28.4. The van der Waals surface area contributed by atoms with Gasteiger partial charge in [0.15, 0.2) is 0 Å². The van der Waals surface area contributed by atoms with Gasteiger partial charge in [0.05, 0.1) is 0 Å². The number of carbonyl (C=O) groups is 1. The van der Waals surface area contributed by atoms with Crippen LogP contribution in [0.25, 0.3) is 0 Å². The van der Waals surface area contributed by atoms with Crippen LogP contribution in [0.4, 0.5) is 0 Å². The minimum atomic E-state index is 0.759. The zero-order valence-corrected chi connectivity index (χ0v) is 21.3. The van der Waals surface area contributed by atoms with Gasteiger partial charge in [-0.25, -0.2) is 0 Å². The molecular formula is C30H56O. The second-order valence-electron chi connectivity index (χ2n) is 9.43. The smallest absolute Gasteiger partial charge is 0.119 e. The molecule has 0 rings (SSSR count). The van der Waals surface area contributed by atoms with E-state index < -0.39 is 0 Å². The minimum absolute atomic E-state index is 0.759. The third kappa shape index (κ3) is 29.1. The van der Waals surface area contributed by atoms with Crippen molar-refractivity contribution in [3.63, 3.8) is 0 Å². The van der Waals surface area contributed by atoms with Gasteiger partial charge in [-0.15, -0.1) is 0 Å². The number of allylic oxidation sites excluding steroid dienone is 4. The van der Waals surface area contributed by atoms with Crippen molar-refractivity contribution in [2.45, 2.75) is 161 Å². The Morgan fingerprint density at radius 1 is 0.387 bits per heavy atom. The Balaban J connectivity index is 3.09. The summed E-state index contributed by atoms with van der Waals surface area (Å²) in [6.45, 7) is 2.27. The Hall–Kier alpha value is -0.850. The summed E-state index contributed by atoms with van der Waals surface area (Å²) in [6, 6.07) is 0. The second kappa shape index (κ2) is 29.1. The molecule has 0 saturated carbocycles. The molecule has 0 aliphatic heterocycles. The van der Waals surface area contributed by atoms with E-state index in [9.17, 15) is 4.79 Å². The Bertz CT molecular complexity index is 382. The number of aldehydes is 1. The maximum absolute atomic E-state index is 10.2. The lowest BCUT2D eigenvalue weighted by atomic mass is 10.0. The van der Waals surface area contributed by atoms with Crippen molar-refractivity contribution >= 4 is 6.29 Å². The van der Waals surface area contributed by atoms with Crippen LogP contribution in [0.1, 0.15) is 161 Å². The molecule has 0 heterocycles. The molecule has 0 radical (unpaired) electrons. The molecule has 0 fully saturated rings. The normalized spacial score (nSPS) is 11.8. The van der Waals surface area contributed by atoms with Crippen molar-refractivity contribution in [3.8, 4) is 0 Å². The van der Waals surface area contributed by atoms with Crippen LogP contribution in [0.15, 0.2) is 24.3 Å². The molecule has 1 nitrogen and oxygen atoms in total. The fraction of sp³-hybridized carbons (Fsp3) is 0.833. The summed E-state index contributed by atoms with van der Waals surface area (Å²) in [6.07, 6.45) is 42.5. The lowest BCUT2D eigenvalue weighted by molar-refractivity contribution is -0.107. The molecule has 0 atom stereocenters. The van der Waals surface area contributed by atoms with E-state index >= 15 is 0 Å². The van der Waals surface area contributed by atoms with Gasteiger partial charge in [-0.3, -0.25) is 0 Å². The van der Waals surface area contributed by atoms with Crippen LogP contribution in [0.2, 0.25) is 0 Å². The summed E-state index contributed by atoms with van der Waals surface area (Å²) in [5.41, 5.74) is 0. The predicted octanol–water partition coefficient (Wildman–Crippen LogP) is 10.7. The predicted molar refractivity (Wildman–Crippen MR) is 141 cm³/mol. The zero-order valence-electron chi connectivity index (χ0n) is 21.3. The van der Waals surface area contributed by atoms with E-state index in [-0.39, 0.29) is 0 Å². The van der Waals surface area contributed by atoms with Gasteiger partial charge in [-0.1, -0.05) is 140 Å². The largest absolute Gasteiger partial charge is 0.303 e. The van der Waals surface area contributed by atoms with E-state index in [0.29, 0.717) is 0 Å². The van der Waals surface area contributed by atoms with Crippen LogP contribution in [0.5, 0.6) is 0 Å². The van der Waals surface area contributed by atoms with Crippen LogP contribution < -0.4 is 0 Å². The zero-order chi connectivity index (χ0) is 22.5. The molecule has 31 heavy (non-hydrogen) atoms. The lowest BCUT2D eigenvalue weighted by Gasteiger charge is -2.03. The number of carbonyl (C=O) groups excluding carboxylic acids is 1. The molecule has 0 aliphatic carbocycles. The highest BCUT2D eigenvalue weighted by molar-refractivity contribution is 5.48. The molecule has 0 aromatic rings. The highest BCUT2D eigenvalue weighted by Gasteiger charge is 1.95. The molecule has 0 aromatic heterocycles. The van der Waals surface area contributed by atoms with Crippen molar-refractivity contribution in [2.75, 3.05) is 0 Å². The monoisotopic (exact) mass is 432 g/mol. The minimum Gasteiger partial charge on any atom is -0.303 e. The van der Waals surface area contributed by atoms with Crippen molar-refractivity contribution in [3.05, 3.63) is 24.3 Å². The molecule has 0 aromatic carbocycles. The van der Waals surface area contributed by atoms with Gasteiger partial charge in [-0.2, -0.15) is 0 Å². The average Bonchev–Trinajstić information content (AvgIpc) is 2.78. The molecule has 0 amide bonds. The molecule has 0 spiro atoms. The van der Waals surface area contributed by atoms with Crippen LogP contribution in [-0.4, -0.2) is 6.29 Å². The molecule has 0 bridgehead atoms. The maximum Gasteiger partial charge on any atom is 0.119 e. The fourth-order valence-electron chi connectivity index (χ4n) is 4.16. The Labute approximate surface area is 196 Å². The number of unbranched alkanes of at least 4 members (excludes halogenated alkanes) is 21. The Morgan fingerprint density at radius 3 is 1.06 bits per heavy atom. The first-order valence-corrected chi connectivity index (χ1v) is 14.2. The van der Waals surface area contributed by atoms with Gasteiger partial charge in [0, 0.05) is 6.42 Å². The van der Waals surface area contributed by atoms with E-state index in [1.54, 1.807) is 0 Å². The number of hydrogen-bond donors (Lipinski definition) is 0. The molecule has 1 heteroatoms. The molecule has 0 unspecified atom stereocenters. The third-order valence-electron chi connectivity index (χ3n) is 6.27. The molecule has 182 valence electrons. The quantitative estimate of drug-likeness (QED) is 0.0754. The van der Waals surface area contributed by atoms with Crippen LogP contribution >= 0.6 is 0 Å². The van der Waals surface area contributed by atoms with Crippen LogP contribution in [-0.2, 0) is 4.79 Å². The summed E-state index contributed by atoms with van der Waals surface area (Å²) in [7, 11) is 0. The molecule has 0 saturated heterocycles. The van der Waals surface area contributed by atoms with Crippen LogP contribution in [0, 0.1) is 0 Å². The Morgan fingerprint density at radius 2 is 0.710 bits per heavy atom. The lowest BCUT2D eigenvalue weighted by Crippen LogP contribution is -1.84.